The predicted molar refractivity (Wildman–Crippen MR) is 136 cm³/mol. The summed E-state index contributed by atoms with van der Waals surface area (Å²) in [4.78, 5) is 16.7. The monoisotopic (exact) mass is 609 g/mol. The van der Waals surface area contributed by atoms with E-state index in [0.717, 1.165) is 4.88 Å². The molecule has 10 nitrogen and oxygen atoms in total. The number of ether oxygens (including phenoxy) is 4. The summed E-state index contributed by atoms with van der Waals surface area (Å²) in [6, 6.07) is 8.69. The largest absolute Gasteiger partial charge is 0.491 e. The van der Waals surface area contributed by atoms with E-state index >= 15 is 0 Å². The number of rotatable bonds is 13. The maximum Gasteiger partial charge on any atom is 0.422 e. The molecule has 16 heteroatoms. The van der Waals surface area contributed by atoms with Crippen LogP contribution in [0.1, 0.15) is 16.0 Å². The number of alkyl halides is 3. The summed E-state index contributed by atoms with van der Waals surface area (Å²) < 4.78 is 88.1. The fraction of sp³-hybridized carbons (Fsp3) is 0.304. The van der Waals surface area contributed by atoms with E-state index in [1.807, 2.05) is 17.5 Å². The van der Waals surface area contributed by atoms with Crippen molar-refractivity contribution in [3.8, 4) is 17.4 Å². The molecule has 0 radical (unpaired) electrons. The number of pyridine rings is 1. The highest BCUT2D eigenvalue weighted by Gasteiger charge is 2.32. The average Bonchev–Trinajstić information content (AvgIpc) is 3.37. The van der Waals surface area contributed by atoms with Gasteiger partial charge in [0.15, 0.2) is 0 Å². The van der Waals surface area contributed by atoms with Gasteiger partial charge in [-0.2, -0.15) is 26.3 Å². The summed E-state index contributed by atoms with van der Waals surface area (Å²) in [6.45, 7) is 0.0587. The molecule has 0 aliphatic carbocycles. The lowest BCUT2D eigenvalue weighted by Crippen LogP contribution is -2.41. The molecule has 0 saturated carbocycles. The molecule has 1 amide bonds. The number of hydrogen-bond acceptors (Lipinski definition) is 9. The van der Waals surface area contributed by atoms with Crippen molar-refractivity contribution < 1.29 is 45.3 Å². The molecular formula is C23H23ClF3N3O7S2. The molecule has 0 saturated heterocycles. The van der Waals surface area contributed by atoms with Crippen LogP contribution in [-0.4, -0.2) is 46.4 Å². The Kier molecular flexibility index (Phi) is 10.8. The number of benzene rings is 1. The highest BCUT2D eigenvalue weighted by Crippen LogP contribution is 2.36. The summed E-state index contributed by atoms with van der Waals surface area (Å²) in [7, 11) is -2.70. The quantitative estimate of drug-likeness (QED) is 0.261. The van der Waals surface area contributed by atoms with Crippen LogP contribution in [0.4, 0.5) is 18.0 Å². The van der Waals surface area contributed by atoms with Crippen molar-refractivity contribution in [2.45, 2.75) is 19.2 Å². The molecule has 0 aliphatic rings. The van der Waals surface area contributed by atoms with Crippen molar-refractivity contribution in [1.82, 2.24) is 14.4 Å². The van der Waals surface area contributed by atoms with Gasteiger partial charge in [0.1, 0.15) is 29.7 Å². The standard InChI is InChI=1S/C23H23ClF3N3O7S2/c1-34-8-9-35-17-5-4-15(20(12-17)37-21-19(24)11-16(13-28-21)23(25,26)27)14-36-22(31)30-39(32,33)29-7-6-18-3-2-10-38-18/h2-5,10-13,29H,6-9,14H2,1H3,(H,30,31). The maximum absolute atomic E-state index is 13.0. The van der Waals surface area contributed by atoms with E-state index in [-0.39, 0.29) is 37.0 Å². The number of thiophene rings is 1. The number of carbonyl (C=O) groups is 1. The van der Waals surface area contributed by atoms with E-state index in [1.165, 1.54) is 36.6 Å². The number of aromatic nitrogens is 1. The van der Waals surface area contributed by atoms with E-state index < -0.39 is 39.7 Å². The Morgan fingerprint density at radius 1 is 1.18 bits per heavy atom. The Morgan fingerprint density at radius 2 is 1.97 bits per heavy atom. The van der Waals surface area contributed by atoms with E-state index in [0.29, 0.717) is 24.4 Å². The molecule has 2 heterocycles. The highest BCUT2D eigenvalue weighted by atomic mass is 35.5. The lowest BCUT2D eigenvalue weighted by atomic mass is 10.2. The van der Waals surface area contributed by atoms with Gasteiger partial charge in [-0.3, -0.25) is 0 Å². The molecule has 2 N–H and O–H groups in total. The van der Waals surface area contributed by atoms with Gasteiger partial charge in [0, 0.05) is 36.4 Å². The SMILES string of the molecule is COCCOc1ccc(COC(=O)NS(=O)(=O)NCCc2cccs2)c(Oc2ncc(C(F)(F)F)cc2Cl)c1. The van der Waals surface area contributed by atoms with Crippen LogP contribution in [0.5, 0.6) is 17.4 Å². The number of carbonyl (C=O) groups excluding carboxylic acids is 1. The zero-order valence-corrected chi connectivity index (χ0v) is 22.7. The van der Waals surface area contributed by atoms with Crippen LogP contribution in [0.3, 0.4) is 0 Å². The van der Waals surface area contributed by atoms with Gasteiger partial charge in [-0.25, -0.2) is 14.5 Å². The summed E-state index contributed by atoms with van der Waals surface area (Å²) >= 11 is 7.42. The van der Waals surface area contributed by atoms with Crippen molar-refractivity contribution in [3.63, 3.8) is 0 Å². The van der Waals surface area contributed by atoms with Crippen LogP contribution in [0.2, 0.25) is 5.02 Å². The topological polar surface area (TPSA) is 125 Å². The predicted octanol–water partition coefficient (Wildman–Crippen LogP) is 4.94. The van der Waals surface area contributed by atoms with Gasteiger partial charge in [0.2, 0.25) is 5.88 Å². The van der Waals surface area contributed by atoms with Gasteiger partial charge in [-0.15, -0.1) is 11.3 Å². The third kappa shape index (κ3) is 9.85. The van der Waals surface area contributed by atoms with Crippen LogP contribution in [-0.2, 0) is 38.9 Å². The number of hydrogen-bond donors (Lipinski definition) is 2. The molecular weight excluding hydrogens is 587 g/mol. The summed E-state index contributed by atoms with van der Waals surface area (Å²) in [6.07, 6.45) is -4.93. The second-order valence-electron chi connectivity index (χ2n) is 7.63. The highest BCUT2D eigenvalue weighted by molar-refractivity contribution is 7.88. The molecule has 3 rings (SSSR count). The number of amides is 1. The lowest BCUT2D eigenvalue weighted by molar-refractivity contribution is -0.137. The third-order valence-electron chi connectivity index (χ3n) is 4.76. The third-order valence-corrected chi connectivity index (χ3v) is 6.98. The summed E-state index contributed by atoms with van der Waals surface area (Å²) in [5, 5.41) is 1.44. The Hall–Kier alpha value is -3.11. The first-order valence-corrected chi connectivity index (χ1v) is 13.8. The Morgan fingerprint density at radius 3 is 2.64 bits per heavy atom. The smallest absolute Gasteiger partial charge is 0.422 e. The Bertz CT molecular complexity index is 1360. The zero-order chi connectivity index (χ0) is 28.5. The number of nitrogens with one attached hydrogen (secondary N) is 2. The molecule has 39 heavy (non-hydrogen) atoms. The van der Waals surface area contributed by atoms with E-state index in [1.54, 1.807) is 4.72 Å². The van der Waals surface area contributed by atoms with Crippen LogP contribution in [0, 0.1) is 0 Å². The van der Waals surface area contributed by atoms with Crippen LogP contribution in [0.25, 0.3) is 0 Å². The number of halogens is 4. The minimum absolute atomic E-state index is 0.0104. The fourth-order valence-corrected chi connectivity index (χ4v) is 4.56. The molecule has 0 aliphatic heterocycles. The maximum atomic E-state index is 13.0. The van der Waals surface area contributed by atoms with Gasteiger partial charge in [-0.05, 0) is 36.1 Å². The van der Waals surface area contributed by atoms with Crippen molar-refractivity contribution in [2.75, 3.05) is 26.9 Å². The Balaban J connectivity index is 1.68. The van der Waals surface area contributed by atoms with Gasteiger partial charge in [0.05, 0.1) is 12.2 Å². The number of nitrogens with zero attached hydrogens (tertiary/aromatic N) is 1. The van der Waals surface area contributed by atoms with Crippen LogP contribution < -0.4 is 18.9 Å². The van der Waals surface area contributed by atoms with Gasteiger partial charge >= 0.3 is 22.5 Å². The van der Waals surface area contributed by atoms with E-state index in [9.17, 15) is 26.4 Å². The molecule has 0 atom stereocenters. The van der Waals surface area contributed by atoms with Crippen molar-refractivity contribution in [3.05, 3.63) is 69.0 Å². The van der Waals surface area contributed by atoms with E-state index in [2.05, 4.69) is 9.71 Å². The first-order valence-electron chi connectivity index (χ1n) is 11.1. The van der Waals surface area contributed by atoms with Gasteiger partial charge in [0.25, 0.3) is 0 Å². The fourth-order valence-electron chi connectivity index (χ4n) is 2.92. The molecule has 0 fully saturated rings. The normalized spacial score (nSPS) is 11.7. The second kappa shape index (κ2) is 13.8. The zero-order valence-electron chi connectivity index (χ0n) is 20.3. The van der Waals surface area contributed by atoms with Crippen LogP contribution >= 0.6 is 22.9 Å². The van der Waals surface area contributed by atoms with Gasteiger partial charge in [-0.1, -0.05) is 17.7 Å². The van der Waals surface area contributed by atoms with Crippen LogP contribution in [0.15, 0.2) is 48.0 Å². The second-order valence-corrected chi connectivity index (χ2v) is 10.6. The van der Waals surface area contributed by atoms with Crippen molar-refractivity contribution >= 4 is 39.2 Å². The van der Waals surface area contributed by atoms with E-state index in [4.69, 9.17) is 30.5 Å². The molecule has 0 bridgehead atoms. The van der Waals surface area contributed by atoms with Crippen molar-refractivity contribution in [2.24, 2.45) is 0 Å². The average molecular weight is 610 g/mol. The summed E-state index contributed by atoms with van der Waals surface area (Å²) in [5.41, 5.74) is -0.855. The molecule has 3 aromatic rings. The molecule has 212 valence electrons. The number of methoxy groups -OCH3 is 1. The minimum atomic E-state index is -4.66. The molecule has 0 spiro atoms. The minimum Gasteiger partial charge on any atom is -0.491 e. The lowest BCUT2D eigenvalue weighted by Gasteiger charge is -2.15. The molecule has 2 aromatic heterocycles. The van der Waals surface area contributed by atoms with Gasteiger partial charge < -0.3 is 18.9 Å². The molecule has 1 aromatic carbocycles. The van der Waals surface area contributed by atoms with Crippen molar-refractivity contribution in [1.29, 1.82) is 0 Å². The molecule has 0 unspecified atom stereocenters. The Labute approximate surface area is 231 Å². The first kappa shape index (κ1) is 30.4. The summed E-state index contributed by atoms with van der Waals surface area (Å²) in [5.74, 6) is -0.0541. The first-order chi connectivity index (χ1) is 18.5.